The van der Waals surface area contributed by atoms with E-state index in [0.717, 1.165) is 43.4 Å². The van der Waals surface area contributed by atoms with Gasteiger partial charge in [0, 0.05) is 26.9 Å². The Morgan fingerprint density at radius 3 is 1.78 bits per heavy atom. The Hall–Kier alpha value is -6.18. The van der Waals surface area contributed by atoms with Crippen molar-refractivity contribution in [3.63, 3.8) is 0 Å². The minimum atomic E-state index is -0.460. The van der Waals surface area contributed by atoms with Gasteiger partial charge in [-0.25, -0.2) is 0 Å². The lowest BCUT2D eigenvalue weighted by atomic mass is 10.0. The Morgan fingerprint density at radius 1 is 0.592 bits per heavy atom. The molecule has 0 spiro atoms. The van der Waals surface area contributed by atoms with Gasteiger partial charge in [0.25, 0.3) is 11.8 Å². The van der Waals surface area contributed by atoms with Gasteiger partial charge in [-0.05, 0) is 71.3 Å². The van der Waals surface area contributed by atoms with E-state index < -0.39 is 5.91 Å². The summed E-state index contributed by atoms with van der Waals surface area (Å²) in [6.07, 6.45) is 1.66. The van der Waals surface area contributed by atoms with Gasteiger partial charge in [0.1, 0.15) is 5.70 Å². The number of fused-ring (bicyclic) bond motifs is 3. The van der Waals surface area contributed by atoms with Crippen molar-refractivity contribution in [1.82, 2.24) is 9.88 Å². The van der Waals surface area contributed by atoms with E-state index in [9.17, 15) is 14.4 Å². The zero-order valence-electron chi connectivity index (χ0n) is 26.4. The first kappa shape index (κ1) is 31.4. The number of anilines is 1. The van der Waals surface area contributed by atoms with Crippen molar-refractivity contribution in [3.8, 4) is 11.1 Å². The summed E-state index contributed by atoms with van der Waals surface area (Å²) in [4.78, 5) is 41.0. The maximum atomic E-state index is 13.6. The molecule has 7 aromatic rings. The molecule has 0 bridgehead atoms. The lowest BCUT2D eigenvalue weighted by Gasteiger charge is -2.12. The molecule has 2 N–H and O–H groups in total. The van der Waals surface area contributed by atoms with Crippen LogP contribution in [0.3, 0.4) is 0 Å². The lowest BCUT2D eigenvalue weighted by molar-refractivity contribution is -0.113. The van der Waals surface area contributed by atoms with E-state index in [0.29, 0.717) is 11.3 Å². The van der Waals surface area contributed by atoms with Crippen LogP contribution in [0.1, 0.15) is 20.7 Å². The van der Waals surface area contributed by atoms with Crippen molar-refractivity contribution >= 4 is 63.1 Å². The van der Waals surface area contributed by atoms with Crippen LogP contribution in [0.5, 0.6) is 0 Å². The van der Waals surface area contributed by atoms with Crippen LogP contribution in [0.2, 0.25) is 0 Å². The van der Waals surface area contributed by atoms with E-state index in [1.54, 1.807) is 47.0 Å². The molecule has 49 heavy (non-hydrogen) atoms. The number of aromatic nitrogens is 1. The fraction of sp³-hybridized carbons (Fsp3) is 0.0238. The Labute approximate surface area is 288 Å². The standard InChI is InChI=1S/C42H31N3O3S/c46-40(45-38-17-9-7-15-35(38)36-16-8-10-18-39(36)45)28-49-34-25-23-33(24-26-34)43-42(48)37(44-41(47)32-13-5-2-6-14-32)27-29-19-21-31(22-20-29)30-11-3-1-4-12-30/h1-27H,28H2,(H,43,48)(H,44,47)/b37-27-. The van der Waals surface area contributed by atoms with Crippen LogP contribution in [0, 0.1) is 0 Å². The maximum absolute atomic E-state index is 13.6. The Morgan fingerprint density at radius 2 is 1.14 bits per heavy atom. The summed E-state index contributed by atoms with van der Waals surface area (Å²) < 4.78 is 1.79. The van der Waals surface area contributed by atoms with Crippen molar-refractivity contribution in [2.45, 2.75) is 4.90 Å². The van der Waals surface area contributed by atoms with E-state index in [1.165, 1.54) is 11.8 Å². The summed E-state index contributed by atoms with van der Waals surface area (Å²) in [6, 6.07) is 49.8. The van der Waals surface area contributed by atoms with Gasteiger partial charge in [0.2, 0.25) is 5.91 Å². The normalized spacial score (nSPS) is 11.4. The number of benzene rings is 6. The molecule has 0 aliphatic heterocycles. The van der Waals surface area contributed by atoms with Gasteiger partial charge in [-0.2, -0.15) is 0 Å². The number of hydrogen-bond donors (Lipinski definition) is 2. The van der Waals surface area contributed by atoms with Gasteiger partial charge in [-0.3, -0.25) is 19.0 Å². The molecule has 238 valence electrons. The van der Waals surface area contributed by atoms with Crippen molar-refractivity contribution in [2.24, 2.45) is 0 Å². The maximum Gasteiger partial charge on any atom is 0.272 e. The van der Waals surface area contributed by atoms with Crippen LogP contribution in [-0.4, -0.2) is 28.0 Å². The lowest BCUT2D eigenvalue weighted by Crippen LogP contribution is -2.30. The minimum Gasteiger partial charge on any atom is -0.321 e. The van der Waals surface area contributed by atoms with Gasteiger partial charge in [0.05, 0.1) is 16.8 Å². The van der Waals surface area contributed by atoms with Gasteiger partial charge in [-0.1, -0.05) is 109 Å². The van der Waals surface area contributed by atoms with Crippen LogP contribution in [0.15, 0.2) is 168 Å². The third-order valence-electron chi connectivity index (χ3n) is 8.16. The predicted molar refractivity (Wildman–Crippen MR) is 200 cm³/mol. The van der Waals surface area contributed by atoms with E-state index >= 15 is 0 Å². The Bertz CT molecular complexity index is 2260. The van der Waals surface area contributed by atoms with Crippen LogP contribution in [0.4, 0.5) is 5.69 Å². The minimum absolute atomic E-state index is 0.0134. The van der Waals surface area contributed by atoms with Gasteiger partial charge in [-0.15, -0.1) is 11.8 Å². The number of carbonyl (C=O) groups is 3. The first-order chi connectivity index (χ1) is 24.0. The molecule has 6 nitrogen and oxygen atoms in total. The Balaban J connectivity index is 1.06. The smallest absolute Gasteiger partial charge is 0.272 e. The molecule has 1 aromatic heterocycles. The molecular formula is C42H31N3O3S. The number of thioether (sulfide) groups is 1. The third kappa shape index (κ3) is 7.07. The molecular weight excluding hydrogens is 627 g/mol. The number of amides is 2. The number of carbonyl (C=O) groups excluding carboxylic acids is 3. The summed E-state index contributed by atoms with van der Waals surface area (Å²) in [7, 11) is 0. The monoisotopic (exact) mass is 657 g/mol. The summed E-state index contributed by atoms with van der Waals surface area (Å²) in [5.41, 5.74) is 5.79. The average molecular weight is 658 g/mol. The van der Waals surface area contributed by atoms with E-state index in [2.05, 4.69) is 10.6 Å². The van der Waals surface area contributed by atoms with Gasteiger partial charge in [0.15, 0.2) is 0 Å². The molecule has 0 aliphatic rings. The Kier molecular flexibility index (Phi) is 9.17. The van der Waals surface area contributed by atoms with E-state index in [1.807, 2.05) is 121 Å². The molecule has 0 saturated carbocycles. The molecule has 1 heterocycles. The predicted octanol–water partition coefficient (Wildman–Crippen LogP) is 9.30. The molecule has 0 saturated heterocycles. The number of nitrogens with zero attached hydrogens (tertiary/aromatic N) is 1. The van der Waals surface area contributed by atoms with Crippen molar-refractivity contribution < 1.29 is 14.4 Å². The van der Waals surface area contributed by atoms with Crippen molar-refractivity contribution in [2.75, 3.05) is 11.1 Å². The first-order valence-electron chi connectivity index (χ1n) is 15.8. The highest BCUT2D eigenvalue weighted by Gasteiger charge is 2.17. The number of hydrogen-bond acceptors (Lipinski definition) is 4. The molecule has 6 aromatic carbocycles. The number of nitrogens with one attached hydrogen (secondary N) is 2. The second-order valence-corrected chi connectivity index (χ2v) is 12.4. The van der Waals surface area contributed by atoms with Crippen molar-refractivity contribution in [3.05, 3.63) is 175 Å². The zero-order valence-corrected chi connectivity index (χ0v) is 27.2. The highest BCUT2D eigenvalue weighted by Crippen LogP contribution is 2.30. The van der Waals surface area contributed by atoms with Crippen LogP contribution in [0.25, 0.3) is 39.0 Å². The largest absolute Gasteiger partial charge is 0.321 e. The quantitative estimate of drug-likeness (QED) is 0.120. The molecule has 7 heteroatoms. The van der Waals surface area contributed by atoms with Gasteiger partial charge >= 0.3 is 0 Å². The highest BCUT2D eigenvalue weighted by atomic mass is 32.2. The van der Waals surface area contributed by atoms with E-state index in [-0.39, 0.29) is 23.3 Å². The first-order valence-corrected chi connectivity index (χ1v) is 16.8. The summed E-state index contributed by atoms with van der Waals surface area (Å²) in [5, 5.41) is 7.81. The molecule has 0 atom stereocenters. The summed E-state index contributed by atoms with van der Waals surface area (Å²) >= 11 is 1.43. The molecule has 0 fully saturated rings. The third-order valence-corrected chi connectivity index (χ3v) is 9.16. The fourth-order valence-electron chi connectivity index (χ4n) is 5.75. The topological polar surface area (TPSA) is 80.2 Å². The van der Waals surface area contributed by atoms with E-state index in [4.69, 9.17) is 0 Å². The second-order valence-electron chi connectivity index (χ2n) is 11.4. The molecule has 0 unspecified atom stereocenters. The average Bonchev–Trinajstić information content (AvgIpc) is 3.49. The molecule has 2 amide bonds. The SMILES string of the molecule is O=C(Nc1ccc(SCC(=O)n2c3ccccc3c3ccccc32)cc1)/C(=C/c1ccc(-c2ccccc2)cc1)NC(=O)c1ccccc1. The van der Waals surface area contributed by atoms with Crippen LogP contribution >= 0.6 is 11.8 Å². The summed E-state index contributed by atoms with van der Waals surface area (Å²) in [6.45, 7) is 0. The summed E-state index contributed by atoms with van der Waals surface area (Å²) in [5.74, 6) is -0.614. The van der Waals surface area contributed by atoms with Crippen molar-refractivity contribution in [1.29, 1.82) is 0 Å². The molecule has 0 radical (unpaired) electrons. The second kappa shape index (κ2) is 14.3. The van der Waals surface area contributed by atoms with Crippen LogP contribution in [-0.2, 0) is 4.79 Å². The number of rotatable bonds is 9. The fourth-order valence-corrected chi connectivity index (χ4v) is 6.49. The zero-order chi connectivity index (χ0) is 33.6. The highest BCUT2D eigenvalue weighted by molar-refractivity contribution is 8.00. The molecule has 7 rings (SSSR count). The van der Waals surface area contributed by atoms with Crippen LogP contribution < -0.4 is 10.6 Å². The van der Waals surface area contributed by atoms with Gasteiger partial charge < -0.3 is 10.6 Å². The number of para-hydroxylation sites is 2. The molecule has 0 aliphatic carbocycles.